The number of carbonyl (C=O) groups excluding carboxylic acids is 2. The Hall–Kier alpha value is -4.98. The van der Waals surface area contributed by atoms with Gasteiger partial charge in [-0.05, 0) is 62.6 Å². The maximum Gasteiger partial charge on any atom is 0.416 e. The minimum Gasteiger partial charge on any atom is -0.463 e. The fraction of sp³-hybridized carbons (Fsp3) is 0.361. The number of hydrogen-bond donors (Lipinski definition) is 2. The lowest BCUT2D eigenvalue weighted by molar-refractivity contribution is -0.137. The summed E-state index contributed by atoms with van der Waals surface area (Å²) in [6, 6.07) is 17.2. The fourth-order valence-corrected chi connectivity index (χ4v) is 5.92. The van der Waals surface area contributed by atoms with E-state index in [1.54, 1.807) is 52.3 Å². The molecule has 2 aliphatic heterocycles. The number of allylic oxidation sites excluding steroid dienone is 1. The van der Waals surface area contributed by atoms with Crippen LogP contribution >= 0.6 is 0 Å². The molecule has 0 radical (unpaired) electrons. The summed E-state index contributed by atoms with van der Waals surface area (Å²) in [6.07, 6.45) is -2.12. The number of pyridine rings is 1. The highest BCUT2D eigenvalue weighted by molar-refractivity contribution is 6.03. The van der Waals surface area contributed by atoms with Gasteiger partial charge >= 0.3 is 12.2 Å². The Balaban J connectivity index is 1.22. The Morgan fingerprint density at radius 3 is 2.14 bits per heavy atom. The molecule has 2 aliphatic rings. The molecular formula is C36H39F5N6O3. The van der Waals surface area contributed by atoms with Crippen LogP contribution in [0.3, 0.4) is 0 Å². The molecule has 9 nitrogen and oxygen atoms in total. The largest absolute Gasteiger partial charge is 0.463 e. The van der Waals surface area contributed by atoms with Crippen molar-refractivity contribution in [2.75, 3.05) is 54.8 Å². The van der Waals surface area contributed by atoms with E-state index in [-0.39, 0.29) is 37.3 Å². The van der Waals surface area contributed by atoms with E-state index in [9.17, 15) is 27.2 Å². The number of anilines is 3. The topological polar surface area (TPSA) is 90.0 Å². The molecule has 0 spiro atoms. The first kappa shape index (κ1) is 36.3. The SMILES string of the molecule is C=CC(C)(O/C(C(=O)Nc1ccc(N2CCN(C(=O)Nc3ccccc3F)CC2)nc1)=C(\C)C(F)(F)F)N1CCC(F)(c2ccccc2)CC1. The smallest absolute Gasteiger partial charge is 0.416 e. The van der Waals surface area contributed by atoms with E-state index in [2.05, 4.69) is 22.2 Å². The molecule has 14 heteroatoms. The number of hydrogen-bond acceptors (Lipinski definition) is 6. The number of likely N-dealkylation sites (tertiary alicyclic amines) is 1. The van der Waals surface area contributed by atoms with Crippen LogP contribution in [-0.4, -0.2) is 77.9 Å². The Labute approximate surface area is 287 Å². The van der Waals surface area contributed by atoms with Gasteiger partial charge in [-0.15, -0.1) is 0 Å². The van der Waals surface area contributed by atoms with E-state index >= 15 is 4.39 Å². The zero-order chi connectivity index (χ0) is 36.1. The van der Waals surface area contributed by atoms with Crippen molar-refractivity contribution in [3.8, 4) is 0 Å². The van der Waals surface area contributed by atoms with Crippen molar-refractivity contribution >= 4 is 29.1 Å². The van der Waals surface area contributed by atoms with Crippen molar-refractivity contribution in [1.82, 2.24) is 14.8 Å². The molecule has 3 amide bonds. The average molecular weight is 699 g/mol. The molecule has 2 N–H and O–H groups in total. The number of rotatable bonds is 9. The summed E-state index contributed by atoms with van der Waals surface area (Å²) in [5, 5.41) is 5.01. The highest BCUT2D eigenvalue weighted by Crippen LogP contribution is 2.40. The van der Waals surface area contributed by atoms with Crippen LogP contribution in [0, 0.1) is 5.82 Å². The average Bonchev–Trinajstić information content (AvgIpc) is 3.12. The number of piperidine rings is 1. The lowest BCUT2D eigenvalue weighted by Crippen LogP contribution is -2.53. The van der Waals surface area contributed by atoms with Crippen LogP contribution in [0.2, 0.25) is 0 Å². The number of benzene rings is 2. The fourth-order valence-electron chi connectivity index (χ4n) is 5.92. The zero-order valence-electron chi connectivity index (χ0n) is 27.8. The van der Waals surface area contributed by atoms with Gasteiger partial charge in [-0.2, -0.15) is 13.2 Å². The second-order valence-electron chi connectivity index (χ2n) is 12.4. The molecule has 1 unspecified atom stereocenters. The molecule has 1 atom stereocenters. The van der Waals surface area contributed by atoms with Gasteiger partial charge in [0.25, 0.3) is 5.91 Å². The van der Waals surface area contributed by atoms with Crippen molar-refractivity contribution in [3.63, 3.8) is 0 Å². The number of nitrogens with one attached hydrogen (secondary N) is 2. The van der Waals surface area contributed by atoms with Gasteiger partial charge in [0.15, 0.2) is 11.5 Å². The quantitative estimate of drug-likeness (QED) is 0.106. The molecular weight excluding hydrogens is 659 g/mol. The lowest BCUT2D eigenvalue weighted by Gasteiger charge is -2.45. The Morgan fingerprint density at radius 1 is 0.920 bits per heavy atom. The van der Waals surface area contributed by atoms with E-state index in [0.717, 1.165) is 6.92 Å². The van der Waals surface area contributed by atoms with E-state index in [1.165, 1.54) is 43.5 Å². The minimum atomic E-state index is -4.88. The number of alkyl halides is 4. The summed E-state index contributed by atoms with van der Waals surface area (Å²) < 4.78 is 77.6. The summed E-state index contributed by atoms with van der Waals surface area (Å²) in [5.41, 5.74) is -3.68. The summed E-state index contributed by atoms with van der Waals surface area (Å²) in [6.45, 7) is 7.80. The van der Waals surface area contributed by atoms with Gasteiger partial charge in [-0.3, -0.25) is 9.69 Å². The second-order valence-corrected chi connectivity index (χ2v) is 12.4. The highest BCUT2D eigenvalue weighted by atomic mass is 19.4. The Kier molecular flexibility index (Phi) is 10.8. The first-order valence-corrected chi connectivity index (χ1v) is 16.2. The predicted octanol–water partition coefficient (Wildman–Crippen LogP) is 7.23. The molecule has 2 fully saturated rings. The van der Waals surface area contributed by atoms with Crippen molar-refractivity contribution in [2.45, 2.75) is 44.3 Å². The van der Waals surface area contributed by atoms with E-state index in [0.29, 0.717) is 37.6 Å². The van der Waals surface area contributed by atoms with Crippen LogP contribution in [0.15, 0.2) is 96.9 Å². The van der Waals surface area contributed by atoms with Crippen LogP contribution in [0.5, 0.6) is 0 Å². The molecule has 1 aromatic heterocycles. The molecule has 0 saturated carbocycles. The number of urea groups is 1. The molecule has 2 aromatic carbocycles. The van der Waals surface area contributed by atoms with Gasteiger partial charge in [0.05, 0.1) is 23.1 Å². The summed E-state index contributed by atoms with van der Waals surface area (Å²) in [4.78, 5) is 35.5. The number of ether oxygens (including phenoxy) is 1. The van der Waals surface area contributed by atoms with Gasteiger partial charge in [0, 0.05) is 39.3 Å². The lowest BCUT2D eigenvalue weighted by atomic mass is 9.85. The highest BCUT2D eigenvalue weighted by Gasteiger charge is 2.44. The Bertz CT molecular complexity index is 1700. The third-order valence-corrected chi connectivity index (χ3v) is 9.15. The third kappa shape index (κ3) is 8.24. The number of amides is 3. The standard InChI is InChI=1S/C36H39F5N6O3/c1-4-34(3,47-18-16-35(38,17-19-47)26-10-6-5-7-11-26)50-31(25(2)36(39,40)41)32(48)43-27-14-15-30(42-24-27)45-20-22-46(23-21-45)33(49)44-29-13-9-8-12-28(29)37/h4-15,24H,1,16-23H2,2-3H3,(H,43,48)(H,44,49)/b31-25+. The van der Waals surface area contributed by atoms with Crippen molar-refractivity contribution < 1.29 is 36.3 Å². The van der Waals surface area contributed by atoms with Crippen LogP contribution in [-0.2, 0) is 15.2 Å². The van der Waals surface area contributed by atoms with Gasteiger partial charge < -0.3 is 25.2 Å². The maximum absolute atomic E-state index is 15.8. The number of piperazine rings is 1. The molecule has 3 aromatic rings. The van der Waals surface area contributed by atoms with Crippen LogP contribution in [0.4, 0.5) is 43.9 Å². The van der Waals surface area contributed by atoms with Crippen molar-refractivity contribution in [2.24, 2.45) is 0 Å². The monoisotopic (exact) mass is 698 g/mol. The maximum atomic E-state index is 15.8. The minimum absolute atomic E-state index is 0.0707. The normalized spacial score (nSPS) is 18.4. The number of halogens is 5. The van der Waals surface area contributed by atoms with Gasteiger partial charge in [0.1, 0.15) is 17.3 Å². The van der Waals surface area contributed by atoms with Crippen molar-refractivity contribution in [1.29, 1.82) is 0 Å². The van der Waals surface area contributed by atoms with Crippen LogP contribution in [0.1, 0.15) is 32.3 Å². The molecule has 50 heavy (non-hydrogen) atoms. The molecule has 5 rings (SSSR count). The van der Waals surface area contributed by atoms with Gasteiger partial charge in [-0.1, -0.05) is 49.0 Å². The second kappa shape index (κ2) is 14.9. The van der Waals surface area contributed by atoms with Gasteiger partial charge in [-0.25, -0.2) is 18.6 Å². The van der Waals surface area contributed by atoms with E-state index in [1.807, 2.05) is 4.90 Å². The summed E-state index contributed by atoms with van der Waals surface area (Å²) >= 11 is 0. The number of nitrogens with zero attached hydrogens (tertiary/aromatic N) is 4. The van der Waals surface area contributed by atoms with Crippen molar-refractivity contribution in [3.05, 3.63) is 108 Å². The molecule has 2 saturated heterocycles. The van der Waals surface area contributed by atoms with Gasteiger partial charge in [0.2, 0.25) is 0 Å². The summed E-state index contributed by atoms with van der Waals surface area (Å²) in [5.74, 6) is -2.10. The summed E-state index contributed by atoms with van der Waals surface area (Å²) in [7, 11) is 0. The molecule has 266 valence electrons. The number of carbonyl (C=O) groups is 2. The number of para-hydroxylation sites is 1. The Morgan fingerprint density at radius 2 is 1.56 bits per heavy atom. The number of aromatic nitrogens is 1. The first-order chi connectivity index (χ1) is 23.7. The predicted molar refractivity (Wildman–Crippen MR) is 181 cm³/mol. The van der Waals surface area contributed by atoms with E-state index < -0.39 is 46.7 Å². The molecule has 0 bridgehead atoms. The first-order valence-electron chi connectivity index (χ1n) is 16.2. The molecule has 3 heterocycles. The van der Waals surface area contributed by atoms with Crippen LogP contribution in [0.25, 0.3) is 0 Å². The zero-order valence-corrected chi connectivity index (χ0v) is 27.8. The third-order valence-electron chi connectivity index (χ3n) is 9.15. The molecule has 0 aliphatic carbocycles. The van der Waals surface area contributed by atoms with E-state index in [4.69, 9.17) is 4.74 Å². The van der Waals surface area contributed by atoms with Crippen LogP contribution < -0.4 is 15.5 Å².